The summed E-state index contributed by atoms with van der Waals surface area (Å²) < 4.78 is 61.0. The van der Waals surface area contributed by atoms with Crippen molar-refractivity contribution in [3.8, 4) is 0 Å². The van der Waals surface area contributed by atoms with Crippen LogP contribution in [0.25, 0.3) is 0 Å². The second kappa shape index (κ2) is 5.82. The Bertz CT molecular complexity index is 627. The zero-order valence-electron chi connectivity index (χ0n) is 12.1. The molecule has 1 aliphatic heterocycles. The summed E-state index contributed by atoms with van der Waals surface area (Å²) in [7, 11) is -3.03. The minimum Gasteiger partial charge on any atom is -0.384 e. The quantitative estimate of drug-likeness (QED) is 0.911. The molecule has 1 aromatic carbocycles. The number of aliphatic hydroxyl groups is 1. The van der Waals surface area contributed by atoms with Gasteiger partial charge in [-0.3, -0.25) is 4.90 Å². The molecule has 1 fully saturated rings. The Morgan fingerprint density at radius 1 is 1.18 bits per heavy atom. The van der Waals surface area contributed by atoms with Gasteiger partial charge < -0.3 is 5.11 Å². The molecule has 1 atom stereocenters. The molecule has 0 aromatic heterocycles. The van der Waals surface area contributed by atoms with Gasteiger partial charge in [-0.05, 0) is 24.6 Å². The van der Waals surface area contributed by atoms with Crippen molar-refractivity contribution in [1.82, 2.24) is 4.90 Å². The molecular formula is C14H18F3NO3S. The number of nitrogens with zero attached hydrogens (tertiary/aromatic N) is 1. The third-order valence-electron chi connectivity index (χ3n) is 3.78. The molecular weight excluding hydrogens is 319 g/mol. The van der Waals surface area contributed by atoms with Crippen LogP contribution < -0.4 is 0 Å². The first-order valence-electron chi connectivity index (χ1n) is 6.82. The first-order chi connectivity index (χ1) is 10.00. The second-order valence-corrected chi connectivity index (χ2v) is 8.08. The minimum absolute atomic E-state index is 0.00563. The van der Waals surface area contributed by atoms with E-state index in [1.165, 1.54) is 19.1 Å². The van der Waals surface area contributed by atoms with Gasteiger partial charge in [0.1, 0.15) is 0 Å². The van der Waals surface area contributed by atoms with Crippen LogP contribution >= 0.6 is 0 Å². The van der Waals surface area contributed by atoms with Gasteiger partial charge in [0, 0.05) is 19.6 Å². The number of sulfone groups is 1. The summed E-state index contributed by atoms with van der Waals surface area (Å²) in [6, 6.07) is 4.58. The number of hydrogen-bond donors (Lipinski definition) is 1. The standard InChI is InChI=1S/C14H18F3NO3S/c1-13(19,10-18-5-7-22(20,21)8-6-18)11-3-2-4-12(9-11)14(15,16)17/h2-4,9,19H,5-8,10H2,1H3. The molecule has 1 saturated heterocycles. The van der Waals surface area contributed by atoms with Gasteiger partial charge in [-0.1, -0.05) is 12.1 Å². The Balaban J connectivity index is 2.14. The molecule has 2 rings (SSSR count). The molecule has 1 aliphatic rings. The largest absolute Gasteiger partial charge is 0.416 e. The summed E-state index contributed by atoms with van der Waals surface area (Å²) in [5.41, 5.74) is -2.13. The lowest BCUT2D eigenvalue weighted by molar-refractivity contribution is -0.137. The summed E-state index contributed by atoms with van der Waals surface area (Å²) in [5.74, 6) is 0.0113. The van der Waals surface area contributed by atoms with E-state index in [9.17, 15) is 26.7 Å². The highest BCUT2D eigenvalue weighted by atomic mass is 32.2. The lowest BCUT2D eigenvalue weighted by Gasteiger charge is -2.34. The topological polar surface area (TPSA) is 57.6 Å². The first kappa shape index (κ1) is 17.2. The maximum Gasteiger partial charge on any atom is 0.416 e. The van der Waals surface area contributed by atoms with Gasteiger partial charge >= 0.3 is 6.18 Å². The molecule has 124 valence electrons. The lowest BCUT2D eigenvalue weighted by Crippen LogP contribution is -2.46. The Kier molecular flexibility index (Phi) is 4.56. The second-order valence-electron chi connectivity index (χ2n) is 5.78. The van der Waals surface area contributed by atoms with E-state index in [1.807, 2.05) is 0 Å². The molecule has 0 bridgehead atoms. The molecule has 0 saturated carbocycles. The molecule has 0 aliphatic carbocycles. The molecule has 0 spiro atoms. The van der Waals surface area contributed by atoms with Gasteiger partial charge in [0.05, 0.1) is 22.7 Å². The van der Waals surface area contributed by atoms with Crippen molar-refractivity contribution in [2.45, 2.75) is 18.7 Å². The van der Waals surface area contributed by atoms with Crippen molar-refractivity contribution in [3.05, 3.63) is 35.4 Å². The molecule has 0 radical (unpaired) electrons. The first-order valence-corrected chi connectivity index (χ1v) is 8.65. The summed E-state index contributed by atoms with van der Waals surface area (Å²) >= 11 is 0. The molecule has 8 heteroatoms. The predicted octanol–water partition coefficient (Wildman–Crippen LogP) is 1.64. The van der Waals surface area contributed by atoms with Gasteiger partial charge in [-0.15, -0.1) is 0 Å². The fraction of sp³-hybridized carbons (Fsp3) is 0.571. The van der Waals surface area contributed by atoms with Crippen molar-refractivity contribution in [2.24, 2.45) is 0 Å². The fourth-order valence-corrected chi connectivity index (χ4v) is 3.74. The van der Waals surface area contributed by atoms with Crippen molar-refractivity contribution >= 4 is 9.84 Å². The van der Waals surface area contributed by atoms with Gasteiger partial charge in [-0.25, -0.2) is 8.42 Å². The highest BCUT2D eigenvalue weighted by Crippen LogP contribution is 2.32. The van der Waals surface area contributed by atoms with E-state index in [0.717, 1.165) is 12.1 Å². The Morgan fingerprint density at radius 3 is 2.27 bits per heavy atom. The maximum atomic E-state index is 12.7. The predicted molar refractivity (Wildman–Crippen MR) is 76.1 cm³/mol. The van der Waals surface area contributed by atoms with Gasteiger partial charge in [-0.2, -0.15) is 13.2 Å². The zero-order valence-corrected chi connectivity index (χ0v) is 12.9. The van der Waals surface area contributed by atoms with Gasteiger partial charge in [0.2, 0.25) is 0 Å². The van der Waals surface area contributed by atoms with Crippen LogP contribution in [0.4, 0.5) is 13.2 Å². The summed E-state index contributed by atoms with van der Waals surface area (Å²) in [6.07, 6.45) is -4.47. The molecule has 22 heavy (non-hydrogen) atoms. The highest BCUT2D eigenvalue weighted by molar-refractivity contribution is 7.91. The number of benzene rings is 1. The average molecular weight is 337 g/mol. The highest BCUT2D eigenvalue weighted by Gasteiger charge is 2.34. The lowest BCUT2D eigenvalue weighted by atomic mass is 9.93. The molecule has 1 unspecified atom stereocenters. The molecule has 1 heterocycles. The number of halogens is 3. The van der Waals surface area contributed by atoms with E-state index < -0.39 is 27.2 Å². The Morgan fingerprint density at radius 2 is 1.73 bits per heavy atom. The normalized spacial score (nSPS) is 22.2. The number of alkyl halides is 3. The number of rotatable bonds is 3. The summed E-state index contributed by atoms with van der Waals surface area (Å²) in [5, 5.41) is 10.5. The van der Waals surface area contributed by atoms with Crippen molar-refractivity contribution in [2.75, 3.05) is 31.1 Å². The van der Waals surface area contributed by atoms with E-state index >= 15 is 0 Å². The number of β-amino-alcohol motifs (C(OH)–C–C–N with tert-alkyl or cyclic N) is 1. The van der Waals surface area contributed by atoms with E-state index in [4.69, 9.17) is 0 Å². The summed E-state index contributed by atoms with van der Waals surface area (Å²) in [4.78, 5) is 1.75. The zero-order chi connectivity index (χ0) is 16.6. The molecule has 0 amide bonds. The van der Waals surface area contributed by atoms with E-state index in [-0.39, 0.29) is 36.7 Å². The van der Waals surface area contributed by atoms with Crippen LogP contribution in [0.2, 0.25) is 0 Å². The maximum absolute atomic E-state index is 12.7. The van der Waals surface area contributed by atoms with Gasteiger partial charge in [0.15, 0.2) is 9.84 Å². The third kappa shape index (κ3) is 4.21. The number of hydrogen-bond acceptors (Lipinski definition) is 4. The Hall–Kier alpha value is -1.12. The van der Waals surface area contributed by atoms with Crippen LogP contribution in [0, 0.1) is 0 Å². The fourth-order valence-electron chi connectivity index (χ4n) is 2.47. The van der Waals surface area contributed by atoms with Crippen LogP contribution in [-0.4, -0.2) is 49.6 Å². The average Bonchev–Trinajstić information content (AvgIpc) is 2.40. The smallest absolute Gasteiger partial charge is 0.384 e. The van der Waals surface area contributed by atoms with Crippen LogP contribution in [0.15, 0.2) is 24.3 Å². The van der Waals surface area contributed by atoms with Crippen molar-refractivity contribution in [3.63, 3.8) is 0 Å². The molecule has 4 nitrogen and oxygen atoms in total. The molecule has 1 aromatic rings. The van der Waals surface area contributed by atoms with Crippen LogP contribution in [-0.2, 0) is 21.6 Å². The minimum atomic E-state index is -4.47. The SMILES string of the molecule is CC(O)(CN1CCS(=O)(=O)CC1)c1cccc(C(F)(F)F)c1. The third-order valence-corrected chi connectivity index (χ3v) is 5.39. The van der Waals surface area contributed by atoms with Crippen LogP contribution in [0.5, 0.6) is 0 Å². The van der Waals surface area contributed by atoms with E-state index in [1.54, 1.807) is 4.90 Å². The Labute approximate surface area is 127 Å². The monoisotopic (exact) mass is 337 g/mol. The summed E-state index contributed by atoms with van der Waals surface area (Å²) in [6.45, 7) is 2.07. The van der Waals surface area contributed by atoms with Crippen LogP contribution in [0.3, 0.4) is 0 Å². The van der Waals surface area contributed by atoms with Crippen molar-refractivity contribution in [1.29, 1.82) is 0 Å². The van der Waals surface area contributed by atoms with Gasteiger partial charge in [0.25, 0.3) is 0 Å². The van der Waals surface area contributed by atoms with E-state index in [2.05, 4.69) is 0 Å². The van der Waals surface area contributed by atoms with Crippen LogP contribution in [0.1, 0.15) is 18.1 Å². The van der Waals surface area contributed by atoms with E-state index in [0.29, 0.717) is 0 Å². The molecule has 1 N–H and O–H groups in total. The van der Waals surface area contributed by atoms with Crippen molar-refractivity contribution < 1.29 is 26.7 Å².